The molecule has 0 aromatic rings. The van der Waals surface area contributed by atoms with Gasteiger partial charge in [-0.25, -0.2) is 6.57 Å². The first-order valence-corrected chi connectivity index (χ1v) is 28.8. The number of nitrogens with zero attached hydrogens (tertiary/aromatic N) is 4. The average Bonchev–Trinajstić information content (AvgIpc) is 3.28. The van der Waals surface area contributed by atoms with Crippen molar-refractivity contribution in [3.8, 4) is 0 Å². The van der Waals surface area contributed by atoms with Gasteiger partial charge in [-0.05, 0) is 201 Å². The van der Waals surface area contributed by atoms with Gasteiger partial charge in [0.15, 0.2) is 0 Å². The second-order valence-electron chi connectivity index (χ2n) is 24.8. The molecule has 0 radical (unpaired) electrons. The molecule has 6 rings (SSSR count). The number of rotatable bonds is 15. The largest absolute Gasteiger partial charge is 0.411 e. The minimum atomic E-state index is 0.194. The molecule has 11 nitrogen and oxygen atoms in total. The number of piperidine rings is 1. The maximum atomic E-state index is 12.0. The molecular formula is C58H112N8O3. The molecule has 11 heteroatoms. The van der Waals surface area contributed by atoms with E-state index in [1.807, 2.05) is 0 Å². The number of hydrogen-bond donors (Lipinski definition) is 5. The quantitative estimate of drug-likeness (QED) is 0.0359. The molecule has 4 saturated carbocycles. The number of nitrogens with two attached hydrogens (primary N) is 2. The third kappa shape index (κ3) is 31.1. The standard InChI is InChI=1S/C16H30N2O2.C12H21N.C11H22N2.C10H19NO.C9H20N2/c1-13(2)11-14-3-5-15(6-4-14)17-16(19)12-18-7-9-20-10-8-18;1-10(2)8-11-4-6-12(7-5-11)9-13-3;1-8(2)7-9-3-5-10(6-4-9)11(12)13;1-8(2)7-9-3-5-10(11-12)6-4-9;1-8(2)6-11-5-3-4-9(10)7-11/h13-15H,3-12H2,1-2H3,(H,17,19);10-12H,4-9H2,1-2H3;8-10H,3-7H2,1-2H3,(H3,12,13);8-9,12H,3-7H2,1-2H3;8-9H,3-7,10H2,1-2H3. The van der Waals surface area contributed by atoms with E-state index in [1.54, 1.807) is 0 Å². The van der Waals surface area contributed by atoms with Crippen molar-refractivity contribution in [3.05, 3.63) is 11.4 Å². The van der Waals surface area contributed by atoms with Crippen LogP contribution in [0.15, 0.2) is 5.16 Å². The number of amidine groups is 1. The Bertz CT molecular complexity index is 1370. The van der Waals surface area contributed by atoms with Gasteiger partial charge in [0.1, 0.15) is 0 Å². The Morgan fingerprint density at radius 3 is 1.55 bits per heavy atom. The number of nitrogens with one attached hydrogen (secondary N) is 2. The highest BCUT2D eigenvalue weighted by molar-refractivity contribution is 5.84. The lowest BCUT2D eigenvalue weighted by atomic mass is 9.78. The van der Waals surface area contributed by atoms with Gasteiger partial charge >= 0.3 is 0 Å². The van der Waals surface area contributed by atoms with Crippen molar-refractivity contribution in [1.29, 1.82) is 5.41 Å². The van der Waals surface area contributed by atoms with Gasteiger partial charge in [0.2, 0.25) is 12.5 Å². The Kier molecular flexibility index (Phi) is 33.4. The second-order valence-corrected chi connectivity index (χ2v) is 24.8. The van der Waals surface area contributed by atoms with Crippen molar-refractivity contribution in [2.45, 2.75) is 223 Å². The monoisotopic (exact) mass is 969 g/mol. The van der Waals surface area contributed by atoms with Crippen LogP contribution in [-0.2, 0) is 9.53 Å². The fraction of sp³-hybridized carbons (Fsp3) is 0.931. The van der Waals surface area contributed by atoms with Crippen molar-refractivity contribution in [1.82, 2.24) is 15.1 Å². The molecule has 0 spiro atoms. The van der Waals surface area contributed by atoms with E-state index >= 15 is 0 Å². The molecule has 6 fully saturated rings. The third-order valence-electron chi connectivity index (χ3n) is 15.5. The SMILES string of the molecule is CC(C)CC1CCC(=NO)CC1.CC(C)CC1CCC(C(=N)N)CC1.CC(C)CC1CCC(NC(=O)CN2CCOCC2)CC1.CC(C)CN1CCCC(N)C1.[C-]#[N+]CC1CCC(CC(C)C)CC1. The molecule has 2 aliphatic heterocycles. The van der Waals surface area contributed by atoms with E-state index in [0.29, 0.717) is 30.4 Å². The molecule has 402 valence electrons. The highest BCUT2D eigenvalue weighted by atomic mass is 16.5. The third-order valence-corrected chi connectivity index (χ3v) is 15.5. The fourth-order valence-electron chi connectivity index (χ4n) is 12.1. The van der Waals surface area contributed by atoms with Gasteiger partial charge in [0, 0.05) is 50.1 Å². The highest BCUT2D eigenvalue weighted by Gasteiger charge is 2.26. The van der Waals surface area contributed by atoms with Crippen molar-refractivity contribution in [2.24, 2.45) is 81.7 Å². The summed E-state index contributed by atoms with van der Waals surface area (Å²) in [5, 5.41) is 22.4. The Morgan fingerprint density at radius 1 is 0.681 bits per heavy atom. The van der Waals surface area contributed by atoms with Crippen molar-refractivity contribution in [2.75, 3.05) is 59.0 Å². The van der Waals surface area contributed by atoms with Crippen LogP contribution in [0, 0.1) is 77.1 Å². The van der Waals surface area contributed by atoms with Gasteiger partial charge in [-0.2, -0.15) is 0 Å². The van der Waals surface area contributed by atoms with Gasteiger partial charge in [-0.1, -0.05) is 74.4 Å². The van der Waals surface area contributed by atoms with E-state index in [4.69, 9.17) is 33.4 Å². The first kappa shape index (κ1) is 62.9. The molecule has 2 heterocycles. The van der Waals surface area contributed by atoms with E-state index < -0.39 is 0 Å². The zero-order valence-electron chi connectivity index (χ0n) is 46.6. The maximum absolute atomic E-state index is 12.0. The number of likely N-dealkylation sites (tertiary alicyclic amines) is 1. The molecule has 0 aromatic carbocycles. The summed E-state index contributed by atoms with van der Waals surface area (Å²) in [4.78, 5) is 20.2. The minimum Gasteiger partial charge on any atom is -0.411 e. The predicted octanol–water partition coefficient (Wildman–Crippen LogP) is 12.7. The van der Waals surface area contributed by atoms with Gasteiger partial charge in [-0.3, -0.25) is 15.1 Å². The normalized spacial score (nSPS) is 27.9. The number of amides is 1. The zero-order chi connectivity index (χ0) is 51.1. The van der Waals surface area contributed by atoms with Crippen molar-refractivity contribution >= 4 is 17.5 Å². The van der Waals surface area contributed by atoms with Crippen LogP contribution in [0.4, 0.5) is 0 Å². The van der Waals surface area contributed by atoms with E-state index in [1.165, 1.54) is 116 Å². The lowest BCUT2D eigenvalue weighted by molar-refractivity contribution is -0.124. The minimum absolute atomic E-state index is 0.194. The van der Waals surface area contributed by atoms with Gasteiger partial charge in [0.05, 0.1) is 31.3 Å². The number of ether oxygens (including phenoxy) is 1. The van der Waals surface area contributed by atoms with Crippen LogP contribution < -0.4 is 16.8 Å². The molecular weight excluding hydrogens is 857 g/mol. The molecule has 0 bridgehead atoms. The lowest BCUT2D eigenvalue weighted by Gasteiger charge is -2.31. The number of hydrogen-bond acceptors (Lipinski definition) is 8. The Morgan fingerprint density at radius 2 is 1.13 bits per heavy atom. The highest BCUT2D eigenvalue weighted by Crippen LogP contribution is 2.34. The Hall–Kier alpha value is -2.26. The van der Waals surface area contributed by atoms with Crippen LogP contribution in [0.3, 0.4) is 0 Å². The summed E-state index contributed by atoms with van der Waals surface area (Å²) < 4.78 is 5.30. The summed E-state index contributed by atoms with van der Waals surface area (Å²) in [6.45, 7) is 37.9. The fourth-order valence-corrected chi connectivity index (χ4v) is 12.1. The Balaban J connectivity index is 0.000000302. The maximum Gasteiger partial charge on any atom is 0.234 e. The Labute approximate surface area is 425 Å². The molecule has 1 atom stereocenters. The summed E-state index contributed by atoms with van der Waals surface area (Å²) >= 11 is 0. The predicted molar refractivity (Wildman–Crippen MR) is 293 cm³/mol. The molecule has 4 aliphatic carbocycles. The van der Waals surface area contributed by atoms with Crippen molar-refractivity contribution in [3.63, 3.8) is 0 Å². The average molecular weight is 970 g/mol. The first-order valence-electron chi connectivity index (χ1n) is 28.8. The molecule has 2 saturated heterocycles. The van der Waals surface area contributed by atoms with Gasteiger partial charge in [0.25, 0.3) is 0 Å². The zero-order valence-corrected chi connectivity index (χ0v) is 46.6. The first-order chi connectivity index (χ1) is 32.8. The van der Waals surface area contributed by atoms with Crippen LogP contribution in [0.25, 0.3) is 4.85 Å². The second kappa shape index (κ2) is 36.6. The molecule has 1 unspecified atom stereocenters. The summed E-state index contributed by atoms with van der Waals surface area (Å²) in [5.41, 5.74) is 12.4. The van der Waals surface area contributed by atoms with Gasteiger partial charge in [-0.15, -0.1) is 0 Å². The summed E-state index contributed by atoms with van der Waals surface area (Å²) in [6.07, 6.45) is 27.5. The van der Waals surface area contributed by atoms with E-state index in [2.05, 4.69) is 94.4 Å². The van der Waals surface area contributed by atoms with E-state index in [9.17, 15) is 4.79 Å². The van der Waals surface area contributed by atoms with Crippen LogP contribution in [0.1, 0.15) is 210 Å². The number of morpholine rings is 1. The van der Waals surface area contributed by atoms with E-state index in [0.717, 1.165) is 143 Å². The topological polar surface area (TPSA) is 158 Å². The summed E-state index contributed by atoms with van der Waals surface area (Å²) in [7, 11) is 0. The van der Waals surface area contributed by atoms with Gasteiger partial charge < -0.3 is 36.5 Å². The number of carbonyl (C=O) groups excluding carboxylic acids is 1. The molecule has 0 aromatic heterocycles. The lowest BCUT2D eigenvalue weighted by Crippen LogP contribution is -2.46. The van der Waals surface area contributed by atoms with Crippen LogP contribution in [-0.4, -0.2) is 104 Å². The van der Waals surface area contributed by atoms with Crippen LogP contribution in [0.2, 0.25) is 0 Å². The molecule has 1 amide bonds. The number of carbonyl (C=O) groups is 1. The van der Waals surface area contributed by atoms with Crippen LogP contribution >= 0.6 is 0 Å². The summed E-state index contributed by atoms with van der Waals surface area (Å²) in [5.74, 6) is 9.37. The molecule has 7 N–H and O–H groups in total. The van der Waals surface area contributed by atoms with Crippen LogP contribution in [0.5, 0.6) is 0 Å². The van der Waals surface area contributed by atoms with E-state index in [-0.39, 0.29) is 5.91 Å². The molecule has 69 heavy (non-hydrogen) atoms. The molecule has 6 aliphatic rings. The smallest absolute Gasteiger partial charge is 0.234 e. The number of oxime groups is 1. The van der Waals surface area contributed by atoms with Crippen molar-refractivity contribution < 1.29 is 14.7 Å². The summed E-state index contributed by atoms with van der Waals surface area (Å²) in [6, 6.07) is 0.842.